The number of para-hydroxylation sites is 1. The van der Waals surface area contributed by atoms with Crippen LogP contribution in [0.3, 0.4) is 0 Å². The Kier molecular flexibility index (Phi) is 3.35. The van der Waals surface area contributed by atoms with Crippen LogP contribution in [0.5, 0.6) is 5.75 Å². The minimum absolute atomic E-state index is 0.206. The van der Waals surface area contributed by atoms with Gasteiger partial charge in [-0.3, -0.25) is 0 Å². The lowest BCUT2D eigenvalue weighted by atomic mass is 10.00. The van der Waals surface area contributed by atoms with Crippen molar-refractivity contribution < 1.29 is 4.74 Å². The first-order valence-corrected chi connectivity index (χ1v) is 7.33. The number of rotatable bonds is 4. The van der Waals surface area contributed by atoms with E-state index >= 15 is 0 Å². The molecule has 1 N–H and O–H groups in total. The number of thiophene rings is 1. The molecule has 2 aromatic rings. The van der Waals surface area contributed by atoms with Crippen molar-refractivity contribution in [3.8, 4) is 5.75 Å². The van der Waals surface area contributed by atoms with E-state index in [2.05, 4.69) is 47.3 Å². The maximum absolute atomic E-state index is 6.09. The molecule has 1 aromatic carbocycles. The smallest absolute Gasteiger partial charge is 0.123 e. The Balaban J connectivity index is 1.82. The summed E-state index contributed by atoms with van der Waals surface area (Å²) in [6, 6.07) is 10.8. The van der Waals surface area contributed by atoms with E-state index < -0.39 is 0 Å². The highest BCUT2D eigenvalue weighted by Gasteiger charge is 2.30. The molecule has 0 aliphatic carbocycles. The zero-order chi connectivity index (χ0) is 12.4. The molecule has 0 saturated carbocycles. The minimum Gasteiger partial charge on any atom is -0.488 e. The van der Waals surface area contributed by atoms with Crippen LogP contribution in [0, 0.1) is 0 Å². The molecule has 2 heterocycles. The topological polar surface area (TPSA) is 21.3 Å². The lowest BCUT2D eigenvalue weighted by molar-refractivity contribution is 0.180. The SMILES string of the molecule is CCNC(c1ccsc1)C1Cc2ccccc2O1. The van der Waals surface area contributed by atoms with Crippen LogP contribution in [-0.4, -0.2) is 12.6 Å². The van der Waals surface area contributed by atoms with Crippen molar-refractivity contribution in [2.45, 2.75) is 25.5 Å². The van der Waals surface area contributed by atoms with Gasteiger partial charge in [-0.15, -0.1) is 0 Å². The van der Waals surface area contributed by atoms with Crippen LogP contribution < -0.4 is 10.1 Å². The summed E-state index contributed by atoms with van der Waals surface area (Å²) >= 11 is 1.74. The van der Waals surface area contributed by atoms with E-state index in [1.165, 1.54) is 11.1 Å². The van der Waals surface area contributed by atoms with E-state index in [9.17, 15) is 0 Å². The van der Waals surface area contributed by atoms with E-state index in [4.69, 9.17) is 4.74 Å². The average Bonchev–Trinajstić information content (AvgIpc) is 3.04. The van der Waals surface area contributed by atoms with Crippen LogP contribution in [0.2, 0.25) is 0 Å². The van der Waals surface area contributed by atoms with E-state index in [-0.39, 0.29) is 12.1 Å². The van der Waals surface area contributed by atoms with Crippen molar-refractivity contribution in [3.05, 3.63) is 52.2 Å². The monoisotopic (exact) mass is 259 g/mol. The van der Waals surface area contributed by atoms with Crippen molar-refractivity contribution in [2.75, 3.05) is 6.54 Å². The zero-order valence-corrected chi connectivity index (χ0v) is 11.2. The summed E-state index contributed by atoms with van der Waals surface area (Å²) in [5.41, 5.74) is 2.65. The van der Waals surface area contributed by atoms with Crippen LogP contribution in [0.15, 0.2) is 41.1 Å². The Hall–Kier alpha value is -1.32. The third kappa shape index (κ3) is 2.16. The van der Waals surface area contributed by atoms with E-state index in [0.717, 1.165) is 18.7 Å². The Morgan fingerprint density at radius 1 is 1.39 bits per heavy atom. The predicted octanol–water partition coefficient (Wildman–Crippen LogP) is 3.40. The Labute approximate surface area is 112 Å². The predicted molar refractivity (Wildman–Crippen MR) is 75.3 cm³/mol. The number of fused-ring (bicyclic) bond motifs is 1. The van der Waals surface area contributed by atoms with Gasteiger partial charge in [0.2, 0.25) is 0 Å². The Morgan fingerprint density at radius 2 is 2.28 bits per heavy atom. The number of ether oxygens (including phenoxy) is 1. The van der Waals surface area contributed by atoms with Crippen LogP contribution in [0.25, 0.3) is 0 Å². The molecule has 1 aliphatic rings. The molecule has 3 rings (SSSR count). The van der Waals surface area contributed by atoms with E-state index in [1.807, 2.05) is 6.07 Å². The van der Waals surface area contributed by atoms with Gasteiger partial charge in [0.25, 0.3) is 0 Å². The molecular weight excluding hydrogens is 242 g/mol. The quantitative estimate of drug-likeness (QED) is 0.908. The van der Waals surface area contributed by atoms with Gasteiger partial charge in [-0.25, -0.2) is 0 Å². The largest absolute Gasteiger partial charge is 0.488 e. The summed E-state index contributed by atoms with van der Waals surface area (Å²) in [4.78, 5) is 0. The molecule has 94 valence electrons. The van der Waals surface area contributed by atoms with Gasteiger partial charge in [0, 0.05) is 6.42 Å². The van der Waals surface area contributed by atoms with Gasteiger partial charge in [0.05, 0.1) is 6.04 Å². The molecule has 2 unspecified atom stereocenters. The highest BCUT2D eigenvalue weighted by atomic mass is 32.1. The van der Waals surface area contributed by atoms with Gasteiger partial charge in [-0.1, -0.05) is 25.1 Å². The number of hydrogen-bond donors (Lipinski definition) is 1. The summed E-state index contributed by atoms with van der Waals surface area (Å²) < 4.78 is 6.09. The van der Waals surface area contributed by atoms with Crippen molar-refractivity contribution in [2.24, 2.45) is 0 Å². The highest BCUT2D eigenvalue weighted by Crippen LogP contribution is 2.34. The molecular formula is C15H17NOS. The van der Waals surface area contributed by atoms with Gasteiger partial charge >= 0.3 is 0 Å². The van der Waals surface area contributed by atoms with Gasteiger partial charge in [0.15, 0.2) is 0 Å². The average molecular weight is 259 g/mol. The van der Waals surface area contributed by atoms with Crippen LogP contribution in [0.1, 0.15) is 24.1 Å². The second-order valence-corrected chi connectivity index (χ2v) is 5.34. The normalized spacial score (nSPS) is 19.3. The molecule has 1 aliphatic heterocycles. The summed E-state index contributed by atoms with van der Waals surface area (Å²) in [7, 11) is 0. The maximum Gasteiger partial charge on any atom is 0.123 e. The fourth-order valence-corrected chi connectivity index (χ4v) is 3.23. The van der Waals surface area contributed by atoms with Crippen molar-refractivity contribution in [1.29, 1.82) is 0 Å². The molecule has 0 saturated heterocycles. The molecule has 0 spiro atoms. The number of likely N-dealkylation sites (N-methyl/N-ethyl adjacent to an activating group) is 1. The molecule has 0 fully saturated rings. The minimum atomic E-state index is 0.206. The number of hydrogen-bond acceptors (Lipinski definition) is 3. The van der Waals surface area contributed by atoms with Gasteiger partial charge in [-0.05, 0) is 40.6 Å². The molecule has 0 bridgehead atoms. The molecule has 0 amide bonds. The second kappa shape index (κ2) is 5.12. The lowest BCUT2D eigenvalue weighted by Crippen LogP contribution is -2.34. The molecule has 2 nitrogen and oxygen atoms in total. The standard InChI is InChI=1S/C15H17NOS/c1-2-16-15(12-7-8-18-10-12)14-9-11-5-3-4-6-13(11)17-14/h3-8,10,14-16H,2,9H2,1H3. The van der Waals surface area contributed by atoms with Crippen molar-refractivity contribution in [1.82, 2.24) is 5.32 Å². The lowest BCUT2D eigenvalue weighted by Gasteiger charge is -2.23. The first-order valence-electron chi connectivity index (χ1n) is 6.38. The van der Waals surface area contributed by atoms with Crippen molar-refractivity contribution >= 4 is 11.3 Å². The maximum atomic E-state index is 6.09. The Bertz CT molecular complexity index is 484. The summed E-state index contributed by atoms with van der Waals surface area (Å²) in [5.74, 6) is 1.04. The van der Waals surface area contributed by atoms with E-state index in [1.54, 1.807) is 11.3 Å². The first kappa shape index (κ1) is 11.8. The first-order chi connectivity index (χ1) is 8.88. The summed E-state index contributed by atoms with van der Waals surface area (Å²) in [6.07, 6.45) is 1.20. The van der Waals surface area contributed by atoms with Crippen LogP contribution in [-0.2, 0) is 6.42 Å². The van der Waals surface area contributed by atoms with E-state index in [0.29, 0.717) is 0 Å². The highest BCUT2D eigenvalue weighted by molar-refractivity contribution is 7.07. The number of nitrogens with one attached hydrogen (secondary N) is 1. The molecule has 18 heavy (non-hydrogen) atoms. The fourth-order valence-electron chi connectivity index (χ4n) is 2.53. The fraction of sp³-hybridized carbons (Fsp3) is 0.333. The third-order valence-electron chi connectivity index (χ3n) is 3.37. The zero-order valence-electron chi connectivity index (χ0n) is 10.4. The van der Waals surface area contributed by atoms with Crippen molar-refractivity contribution in [3.63, 3.8) is 0 Å². The molecule has 2 atom stereocenters. The summed E-state index contributed by atoms with van der Waals surface area (Å²) in [5, 5.41) is 7.88. The molecule has 0 radical (unpaired) electrons. The van der Waals surface area contributed by atoms with Crippen LogP contribution >= 0.6 is 11.3 Å². The second-order valence-electron chi connectivity index (χ2n) is 4.56. The van der Waals surface area contributed by atoms with Gasteiger partial charge < -0.3 is 10.1 Å². The molecule has 3 heteroatoms. The third-order valence-corrected chi connectivity index (χ3v) is 4.07. The van der Waals surface area contributed by atoms with Gasteiger partial charge in [-0.2, -0.15) is 11.3 Å². The Morgan fingerprint density at radius 3 is 3.00 bits per heavy atom. The van der Waals surface area contributed by atoms with Crippen LogP contribution in [0.4, 0.5) is 0 Å². The molecule has 1 aromatic heterocycles. The number of benzene rings is 1. The summed E-state index contributed by atoms with van der Waals surface area (Å²) in [6.45, 7) is 3.10. The van der Waals surface area contributed by atoms with Gasteiger partial charge in [0.1, 0.15) is 11.9 Å².